The Morgan fingerprint density at radius 2 is 1.85 bits per heavy atom. The summed E-state index contributed by atoms with van der Waals surface area (Å²) in [6.45, 7) is 4.06. The first-order valence-electron chi connectivity index (χ1n) is 8.55. The maximum atomic E-state index is 12.5. The van der Waals surface area contributed by atoms with Crippen molar-refractivity contribution < 1.29 is 13.9 Å². The van der Waals surface area contributed by atoms with Crippen molar-refractivity contribution in [3.05, 3.63) is 70.6 Å². The van der Waals surface area contributed by atoms with Gasteiger partial charge in [0.25, 0.3) is 11.1 Å². The number of benzene rings is 2. The van der Waals surface area contributed by atoms with E-state index in [9.17, 15) is 4.79 Å². The first kappa shape index (κ1) is 19.5. The molecule has 0 radical (unpaired) electrons. The van der Waals surface area contributed by atoms with Crippen molar-refractivity contribution in [1.82, 2.24) is 10.2 Å². The minimum absolute atomic E-state index is 0.0276. The lowest BCUT2D eigenvalue weighted by Gasteiger charge is -2.08. The van der Waals surface area contributed by atoms with E-state index in [0.717, 1.165) is 6.42 Å². The molecule has 7 heteroatoms. The van der Waals surface area contributed by atoms with E-state index in [-0.39, 0.29) is 17.6 Å². The third-order valence-corrected chi connectivity index (χ3v) is 5.10. The molecule has 1 heterocycles. The van der Waals surface area contributed by atoms with Crippen molar-refractivity contribution in [3.63, 3.8) is 0 Å². The molecule has 0 spiro atoms. The van der Waals surface area contributed by atoms with Crippen LogP contribution in [0.3, 0.4) is 0 Å². The van der Waals surface area contributed by atoms with Crippen LogP contribution in [-0.2, 0) is 13.0 Å². The molecule has 0 aliphatic heterocycles. The van der Waals surface area contributed by atoms with Gasteiger partial charge >= 0.3 is 0 Å². The number of halogens is 1. The van der Waals surface area contributed by atoms with Crippen LogP contribution >= 0.6 is 23.4 Å². The molecule has 0 saturated heterocycles. The second kappa shape index (κ2) is 9.06. The van der Waals surface area contributed by atoms with Crippen LogP contribution < -0.4 is 4.74 Å². The zero-order chi connectivity index (χ0) is 19.2. The number of rotatable bonds is 8. The van der Waals surface area contributed by atoms with E-state index in [2.05, 4.69) is 17.1 Å². The zero-order valence-electron chi connectivity index (χ0n) is 15.0. The Labute approximate surface area is 167 Å². The van der Waals surface area contributed by atoms with Gasteiger partial charge in [-0.15, -0.1) is 10.2 Å². The quantitative estimate of drug-likeness (QED) is 0.379. The zero-order valence-corrected chi connectivity index (χ0v) is 16.6. The molecule has 27 heavy (non-hydrogen) atoms. The molecular weight excluding hydrogens is 384 g/mol. The lowest BCUT2D eigenvalue weighted by Crippen LogP contribution is -2.13. The fourth-order valence-corrected chi connectivity index (χ4v) is 3.27. The summed E-state index contributed by atoms with van der Waals surface area (Å²) < 4.78 is 11.1. The normalized spacial score (nSPS) is 12.0. The number of hydrogen-bond acceptors (Lipinski definition) is 6. The van der Waals surface area contributed by atoms with Crippen LogP contribution in [0.5, 0.6) is 5.75 Å². The predicted molar refractivity (Wildman–Crippen MR) is 106 cm³/mol. The first-order valence-corrected chi connectivity index (χ1v) is 9.81. The lowest BCUT2D eigenvalue weighted by atomic mass is 10.1. The minimum Gasteiger partial charge on any atom is -0.484 e. The number of nitrogens with zero attached hydrogens (tertiary/aromatic N) is 2. The van der Waals surface area contributed by atoms with Crippen molar-refractivity contribution in [2.24, 2.45) is 0 Å². The Kier molecular flexibility index (Phi) is 6.53. The highest BCUT2D eigenvalue weighted by Crippen LogP contribution is 2.25. The molecule has 1 atom stereocenters. The summed E-state index contributed by atoms with van der Waals surface area (Å²) in [6.07, 6.45) is 0.946. The van der Waals surface area contributed by atoms with Gasteiger partial charge in [0.2, 0.25) is 0 Å². The third-order valence-electron chi connectivity index (χ3n) is 3.92. The highest BCUT2D eigenvalue weighted by atomic mass is 35.5. The molecule has 0 N–H and O–H groups in total. The fourth-order valence-electron chi connectivity index (χ4n) is 2.36. The van der Waals surface area contributed by atoms with E-state index in [1.807, 2.05) is 31.2 Å². The number of Topliss-reactive ketones (excluding diaryl/α,β-unsaturated/α-hetero) is 1. The summed E-state index contributed by atoms with van der Waals surface area (Å²) >= 11 is 7.08. The number of carbonyl (C=O) groups is 1. The molecule has 0 bridgehead atoms. The summed E-state index contributed by atoms with van der Waals surface area (Å²) in [6, 6.07) is 14.7. The molecule has 140 valence electrons. The van der Waals surface area contributed by atoms with Gasteiger partial charge in [0, 0.05) is 10.6 Å². The van der Waals surface area contributed by atoms with Crippen molar-refractivity contribution in [1.29, 1.82) is 0 Å². The van der Waals surface area contributed by atoms with Gasteiger partial charge in [-0.25, -0.2) is 0 Å². The third kappa shape index (κ3) is 5.34. The maximum absolute atomic E-state index is 12.5. The van der Waals surface area contributed by atoms with Crippen LogP contribution in [0.1, 0.15) is 35.7 Å². The summed E-state index contributed by atoms with van der Waals surface area (Å²) in [7, 11) is 0. The van der Waals surface area contributed by atoms with Gasteiger partial charge in [-0.2, -0.15) is 0 Å². The molecule has 5 nitrogen and oxygen atoms in total. The van der Waals surface area contributed by atoms with Gasteiger partial charge < -0.3 is 9.15 Å². The van der Waals surface area contributed by atoms with Crippen LogP contribution in [0.2, 0.25) is 5.02 Å². The molecule has 0 amide bonds. The van der Waals surface area contributed by atoms with Crippen molar-refractivity contribution >= 4 is 29.1 Å². The Hall–Kier alpha value is -2.31. The topological polar surface area (TPSA) is 65.2 Å². The smallest absolute Gasteiger partial charge is 0.277 e. The Morgan fingerprint density at radius 3 is 2.52 bits per heavy atom. The van der Waals surface area contributed by atoms with E-state index < -0.39 is 0 Å². The highest BCUT2D eigenvalue weighted by molar-refractivity contribution is 8.00. The van der Waals surface area contributed by atoms with Crippen molar-refractivity contribution in [2.45, 2.75) is 37.3 Å². The summed E-state index contributed by atoms with van der Waals surface area (Å²) in [5.41, 5.74) is 1.88. The number of ketones is 1. The van der Waals surface area contributed by atoms with E-state index >= 15 is 0 Å². The summed E-state index contributed by atoms with van der Waals surface area (Å²) in [4.78, 5) is 12.5. The number of aryl methyl sites for hydroxylation is 1. The van der Waals surface area contributed by atoms with Gasteiger partial charge in [-0.3, -0.25) is 4.79 Å². The van der Waals surface area contributed by atoms with Gasteiger partial charge in [0.15, 0.2) is 12.4 Å². The number of ether oxygens (including phenoxy) is 1. The molecule has 0 aliphatic carbocycles. The van der Waals surface area contributed by atoms with E-state index in [1.165, 1.54) is 17.3 Å². The molecule has 1 unspecified atom stereocenters. The number of carbonyl (C=O) groups excluding carboxylic acids is 1. The van der Waals surface area contributed by atoms with Crippen LogP contribution in [-0.4, -0.2) is 21.2 Å². The number of aromatic nitrogens is 2. The second-order valence-electron chi connectivity index (χ2n) is 5.88. The Balaban J connectivity index is 1.55. The molecule has 0 saturated carbocycles. The first-order chi connectivity index (χ1) is 13.0. The predicted octanol–water partition coefficient (Wildman–Crippen LogP) is 5.23. The van der Waals surface area contributed by atoms with Crippen LogP contribution in [0.4, 0.5) is 0 Å². The molecule has 2 aromatic carbocycles. The van der Waals surface area contributed by atoms with Gasteiger partial charge in [0.1, 0.15) is 5.75 Å². The lowest BCUT2D eigenvalue weighted by molar-refractivity contribution is 0.0993. The fraction of sp³-hybridized carbons (Fsp3) is 0.250. The molecular formula is C20H19ClN2O3S. The van der Waals surface area contributed by atoms with Gasteiger partial charge in [0.05, 0.1) is 5.25 Å². The van der Waals surface area contributed by atoms with Gasteiger partial charge in [-0.1, -0.05) is 54.6 Å². The standard InChI is InChI=1S/C20H19ClN2O3S/c1-3-14-4-6-15(7-5-14)19(24)13(2)27-20-23-22-18(26-20)12-25-17-10-8-16(21)9-11-17/h4-11,13H,3,12H2,1-2H3. The molecule has 3 rings (SSSR count). The highest BCUT2D eigenvalue weighted by Gasteiger charge is 2.20. The largest absolute Gasteiger partial charge is 0.484 e. The van der Waals surface area contributed by atoms with E-state index in [1.54, 1.807) is 24.3 Å². The molecule has 1 aromatic heterocycles. The minimum atomic E-state index is -0.331. The maximum Gasteiger partial charge on any atom is 0.277 e. The SMILES string of the molecule is CCc1ccc(C(=O)C(C)Sc2nnc(COc3ccc(Cl)cc3)o2)cc1. The molecule has 3 aromatic rings. The Morgan fingerprint density at radius 1 is 1.15 bits per heavy atom. The van der Waals surface area contributed by atoms with Crippen LogP contribution in [0.15, 0.2) is 58.2 Å². The van der Waals surface area contributed by atoms with E-state index in [0.29, 0.717) is 27.4 Å². The second-order valence-corrected chi connectivity index (χ2v) is 7.61. The van der Waals surface area contributed by atoms with Crippen LogP contribution in [0, 0.1) is 0 Å². The van der Waals surface area contributed by atoms with Crippen LogP contribution in [0.25, 0.3) is 0 Å². The number of thioether (sulfide) groups is 1. The van der Waals surface area contributed by atoms with E-state index in [4.69, 9.17) is 20.8 Å². The molecule has 0 fully saturated rings. The summed E-state index contributed by atoms with van der Waals surface area (Å²) in [5.74, 6) is 1.03. The molecule has 0 aliphatic rings. The monoisotopic (exact) mass is 402 g/mol. The average molecular weight is 403 g/mol. The Bertz CT molecular complexity index is 894. The van der Waals surface area contributed by atoms with Crippen molar-refractivity contribution in [3.8, 4) is 5.75 Å². The summed E-state index contributed by atoms with van der Waals surface area (Å²) in [5, 5.41) is 8.59. The van der Waals surface area contributed by atoms with Crippen molar-refractivity contribution in [2.75, 3.05) is 0 Å². The average Bonchev–Trinajstić information content (AvgIpc) is 3.14. The number of hydrogen-bond donors (Lipinski definition) is 0. The van der Waals surface area contributed by atoms with Gasteiger partial charge in [-0.05, 0) is 43.2 Å².